The summed E-state index contributed by atoms with van der Waals surface area (Å²) in [4.78, 5) is 7.01. The average molecular weight is 265 g/mol. The summed E-state index contributed by atoms with van der Waals surface area (Å²) in [5.74, 6) is 1.71. The largest absolute Gasteiger partial charge is 0.477 e. The van der Waals surface area contributed by atoms with E-state index >= 15 is 0 Å². The van der Waals surface area contributed by atoms with Crippen molar-refractivity contribution in [3.63, 3.8) is 0 Å². The Balaban J connectivity index is 1.70. The van der Waals surface area contributed by atoms with E-state index in [1.807, 2.05) is 6.92 Å². The number of aliphatic imine (C=N–C) groups is 1. The van der Waals surface area contributed by atoms with Gasteiger partial charge in [-0.25, -0.2) is 4.99 Å². The van der Waals surface area contributed by atoms with Gasteiger partial charge in [0.05, 0.1) is 0 Å². The number of nitrogens with one attached hydrogen (secondary N) is 1. The van der Waals surface area contributed by atoms with Crippen molar-refractivity contribution in [2.45, 2.75) is 45.3 Å². The van der Waals surface area contributed by atoms with Gasteiger partial charge >= 0.3 is 0 Å². The van der Waals surface area contributed by atoms with Crippen molar-refractivity contribution in [3.05, 3.63) is 12.7 Å². The second kappa shape index (κ2) is 7.06. The molecule has 2 rings (SSSR count). The van der Waals surface area contributed by atoms with Gasteiger partial charge in [0.2, 0.25) is 0 Å². The monoisotopic (exact) mass is 265 g/mol. The molecule has 4 heteroatoms. The summed E-state index contributed by atoms with van der Waals surface area (Å²) in [6.45, 7) is 11.7. The highest BCUT2D eigenvalue weighted by molar-refractivity contribution is 5.73. The van der Waals surface area contributed by atoms with Crippen LogP contribution in [-0.4, -0.2) is 49.2 Å². The molecule has 0 radical (unpaired) electrons. The Morgan fingerprint density at radius 1 is 1.53 bits per heavy atom. The Kier molecular flexibility index (Phi) is 5.40. The molecule has 19 heavy (non-hydrogen) atoms. The molecule has 0 bridgehead atoms. The van der Waals surface area contributed by atoms with Gasteiger partial charge in [-0.1, -0.05) is 12.7 Å². The topological polar surface area (TPSA) is 36.9 Å². The summed E-state index contributed by atoms with van der Waals surface area (Å²) in [6.07, 6.45) is 6.03. The Morgan fingerprint density at radius 3 is 3.00 bits per heavy atom. The van der Waals surface area contributed by atoms with Gasteiger partial charge in [0, 0.05) is 26.1 Å². The van der Waals surface area contributed by atoms with Crippen molar-refractivity contribution in [1.82, 2.24) is 10.2 Å². The van der Waals surface area contributed by atoms with Gasteiger partial charge in [0.25, 0.3) is 0 Å². The lowest BCUT2D eigenvalue weighted by Crippen LogP contribution is -2.36. The highest BCUT2D eigenvalue weighted by Crippen LogP contribution is 2.28. The molecule has 1 aliphatic heterocycles. The molecule has 2 atom stereocenters. The molecule has 1 saturated heterocycles. The fraction of sp³-hybridized carbons (Fsp3) is 0.800. The molecule has 1 saturated carbocycles. The van der Waals surface area contributed by atoms with Crippen molar-refractivity contribution in [3.8, 4) is 0 Å². The second-order valence-corrected chi connectivity index (χ2v) is 5.71. The zero-order valence-corrected chi connectivity index (χ0v) is 12.3. The van der Waals surface area contributed by atoms with E-state index in [0.717, 1.165) is 24.9 Å². The van der Waals surface area contributed by atoms with E-state index in [0.29, 0.717) is 12.6 Å². The van der Waals surface area contributed by atoms with E-state index < -0.39 is 0 Å². The van der Waals surface area contributed by atoms with Crippen molar-refractivity contribution in [2.75, 3.05) is 26.2 Å². The quantitative estimate of drug-likeness (QED) is 0.435. The Hall–Kier alpha value is -0.870. The number of ether oxygens (including phenoxy) is 1. The van der Waals surface area contributed by atoms with E-state index in [1.165, 1.54) is 25.8 Å². The summed E-state index contributed by atoms with van der Waals surface area (Å²) in [5.41, 5.74) is 0. The Labute approximate surface area is 116 Å². The number of likely N-dealkylation sites (tertiary alicyclic amines) is 1. The summed E-state index contributed by atoms with van der Waals surface area (Å²) in [6, 6.07) is 0.646. The molecule has 108 valence electrons. The van der Waals surface area contributed by atoms with E-state index in [1.54, 1.807) is 6.08 Å². The van der Waals surface area contributed by atoms with Crippen molar-refractivity contribution in [2.24, 2.45) is 10.9 Å². The standard InChI is InChI=1S/C15H27N3O/c1-4-9-19-13(3)17-12(2)18-8-7-15(11-18)16-10-14-5-6-14/h4,12,14-16H,1,5-11H2,2-3H3. The zero-order chi connectivity index (χ0) is 13.7. The molecule has 0 aromatic heterocycles. The van der Waals surface area contributed by atoms with Gasteiger partial charge in [-0.15, -0.1) is 0 Å². The van der Waals surface area contributed by atoms with Crippen molar-refractivity contribution < 1.29 is 4.74 Å². The van der Waals surface area contributed by atoms with Gasteiger partial charge < -0.3 is 10.1 Å². The first kappa shape index (κ1) is 14.5. The minimum absolute atomic E-state index is 0.206. The lowest BCUT2D eigenvalue weighted by atomic mass is 10.2. The third kappa shape index (κ3) is 4.96. The fourth-order valence-electron chi connectivity index (χ4n) is 2.51. The predicted octanol–water partition coefficient (Wildman–Crippen LogP) is 2.03. The first-order valence-corrected chi connectivity index (χ1v) is 7.44. The number of hydrogen-bond acceptors (Lipinski definition) is 4. The summed E-state index contributed by atoms with van der Waals surface area (Å²) in [7, 11) is 0. The molecule has 0 aromatic carbocycles. The summed E-state index contributed by atoms with van der Waals surface area (Å²) >= 11 is 0. The van der Waals surface area contributed by atoms with Gasteiger partial charge in [0.1, 0.15) is 12.8 Å². The van der Waals surface area contributed by atoms with Gasteiger partial charge in [-0.3, -0.25) is 4.90 Å². The first-order valence-electron chi connectivity index (χ1n) is 7.44. The predicted molar refractivity (Wildman–Crippen MR) is 79.4 cm³/mol. The Morgan fingerprint density at radius 2 is 2.32 bits per heavy atom. The third-order valence-corrected chi connectivity index (χ3v) is 3.92. The van der Waals surface area contributed by atoms with E-state index in [4.69, 9.17) is 4.74 Å². The maximum Gasteiger partial charge on any atom is 0.181 e. The molecule has 0 spiro atoms. The molecule has 2 unspecified atom stereocenters. The van der Waals surface area contributed by atoms with Gasteiger partial charge in [-0.05, 0) is 38.6 Å². The molecular weight excluding hydrogens is 238 g/mol. The van der Waals surface area contributed by atoms with Crippen LogP contribution in [0, 0.1) is 5.92 Å². The van der Waals surface area contributed by atoms with E-state index in [2.05, 4.69) is 28.7 Å². The highest BCUT2D eigenvalue weighted by Gasteiger charge is 2.28. The highest BCUT2D eigenvalue weighted by atomic mass is 16.5. The van der Waals surface area contributed by atoms with Gasteiger partial charge in [0.15, 0.2) is 5.90 Å². The van der Waals surface area contributed by atoms with Crippen LogP contribution in [0.25, 0.3) is 0 Å². The lowest BCUT2D eigenvalue weighted by Gasteiger charge is -2.21. The maximum absolute atomic E-state index is 5.43. The normalized spacial score (nSPS) is 26.4. The van der Waals surface area contributed by atoms with Crippen LogP contribution in [0.1, 0.15) is 33.1 Å². The Bertz CT molecular complexity index is 325. The van der Waals surface area contributed by atoms with Crippen LogP contribution in [0.3, 0.4) is 0 Å². The first-order chi connectivity index (χ1) is 9.19. The molecular formula is C15H27N3O. The zero-order valence-electron chi connectivity index (χ0n) is 12.3. The van der Waals surface area contributed by atoms with Crippen LogP contribution in [-0.2, 0) is 4.74 Å². The minimum Gasteiger partial charge on any atom is -0.477 e. The molecule has 1 heterocycles. The molecule has 0 aromatic rings. The maximum atomic E-state index is 5.43. The van der Waals surface area contributed by atoms with Crippen LogP contribution >= 0.6 is 0 Å². The molecule has 4 nitrogen and oxygen atoms in total. The third-order valence-electron chi connectivity index (χ3n) is 3.92. The fourth-order valence-corrected chi connectivity index (χ4v) is 2.51. The molecule has 1 aliphatic carbocycles. The van der Waals surface area contributed by atoms with Crippen LogP contribution < -0.4 is 5.32 Å². The molecule has 0 amide bonds. The number of hydrogen-bond donors (Lipinski definition) is 1. The van der Waals surface area contributed by atoms with Crippen LogP contribution in [0.5, 0.6) is 0 Å². The average Bonchev–Trinajstić information content (AvgIpc) is 3.10. The molecule has 1 N–H and O–H groups in total. The van der Waals surface area contributed by atoms with Gasteiger partial charge in [-0.2, -0.15) is 0 Å². The smallest absolute Gasteiger partial charge is 0.181 e. The SMILES string of the molecule is C=CCOC(C)=NC(C)N1CCC(NCC2CC2)C1. The lowest BCUT2D eigenvalue weighted by molar-refractivity contribution is 0.250. The van der Waals surface area contributed by atoms with Crippen molar-refractivity contribution in [1.29, 1.82) is 0 Å². The van der Waals surface area contributed by atoms with Crippen LogP contribution in [0.2, 0.25) is 0 Å². The molecule has 2 aliphatic rings. The van der Waals surface area contributed by atoms with Crippen LogP contribution in [0.15, 0.2) is 17.6 Å². The second-order valence-electron chi connectivity index (χ2n) is 5.71. The summed E-state index contributed by atoms with van der Waals surface area (Å²) < 4.78 is 5.43. The minimum atomic E-state index is 0.206. The summed E-state index contributed by atoms with van der Waals surface area (Å²) in [5, 5.41) is 3.68. The number of nitrogens with zero attached hydrogens (tertiary/aromatic N) is 2. The van der Waals surface area contributed by atoms with Crippen LogP contribution in [0.4, 0.5) is 0 Å². The van der Waals surface area contributed by atoms with E-state index in [9.17, 15) is 0 Å². The molecule has 2 fully saturated rings. The number of rotatable bonds is 7. The van der Waals surface area contributed by atoms with Crippen molar-refractivity contribution >= 4 is 5.90 Å². The van der Waals surface area contributed by atoms with E-state index in [-0.39, 0.29) is 6.17 Å².